The van der Waals surface area contributed by atoms with Gasteiger partial charge in [-0.15, -0.1) is 20.6 Å². The number of amides is 10. The number of piperidine rings is 1. The minimum atomic E-state index is -1.13. The second kappa shape index (κ2) is 43.3. The average molecular weight is 1340 g/mol. The highest BCUT2D eigenvalue weighted by Gasteiger charge is 2.38. The van der Waals surface area contributed by atoms with Crippen LogP contribution in [0.5, 0.6) is 0 Å². The highest BCUT2D eigenvalue weighted by molar-refractivity contribution is 7.18. The van der Waals surface area contributed by atoms with E-state index < -0.39 is 84.0 Å². The number of likely N-dealkylation sites (N-methyl/N-ethyl adjacent to an activating group) is 2. The summed E-state index contributed by atoms with van der Waals surface area (Å²) in [6.07, 6.45) is 2.36. The van der Waals surface area contributed by atoms with E-state index in [2.05, 4.69) is 56.8 Å². The van der Waals surface area contributed by atoms with Gasteiger partial charge in [0.2, 0.25) is 35.4 Å². The van der Waals surface area contributed by atoms with Crippen LogP contribution in [0.1, 0.15) is 133 Å². The lowest BCUT2D eigenvalue weighted by Gasteiger charge is -2.38. The fourth-order valence-corrected chi connectivity index (χ4v) is 11.0. The van der Waals surface area contributed by atoms with Crippen molar-refractivity contribution in [1.82, 2.24) is 52.0 Å². The molecule has 92 heavy (non-hydrogen) atoms. The van der Waals surface area contributed by atoms with Crippen LogP contribution in [0.25, 0.3) is 0 Å². The number of aromatic nitrogens is 1. The molecule has 11 N–H and O–H groups in total. The third kappa shape index (κ3) is 29.6. The zero-order valence-electron chi connectivity index (χ0n) is 55.3. The summed E-state index contributed by atoms with van der Waals surface area (Å²) < 4.78 is 27.8. The number of carboxylic acid groups (broad SMARTS) is 1. The molecule has 1 aliphatic rings. The van der Waals surface area contributed by atoms with E-state index in [1.54, 1.807) is 50.1 Å². The van der Waals surface area contributed by atoms with Gasteiger partial charge in [-0.05, 0) is 87.6 Å². The van der Waals surface area contributed by atoms with Crippen LogP contribution in [-0.2, 0) is 63.7 Å². The number of hydrogen-bond acceptors (Lipinski definition) is 18. The number of likely N-dealkylation sites (tertiary alicyclic amines) is 1. The van der Waals surface area contributed by atoms with Crippen molar-refractivity contribution >= 4 is 85.7 Å². The molecule has 0 spiro atoms. The number of thiazole rings is 1. The van der Waals surface area contributed by atoms with Crippen molar-refractivity contribution in [3.8, 4) is 0 Å². The average Bonchev–Trinajstić information content (AvgIpc) is 1.40. The molecule has 1 fully saturated rings. The Balaban J connectivity index is 1.68. The van der Waals surface area contributed by atoms with E-state index in [0.717, 1.165) is 30.7 Å². The zero-order chi connectivity index (χ0) is 68.3. The highest BCUT2D eigenvalue weighted by atomic mass is 32.1. The standard InChI is InChI=1S/C62H103N12O16PS/c1-11-40(6)53(72-56(79)47-16-12-13-24-73(47)9)59(81)74(10)48(38(2)3)35-49(90-62(85)64-8)58-70-46(37-92-58)55(78)68-44(33-41(7)60(82)83)34-42-17-19-43(20-18-42)67-54(77)45(15-14-22-66-61(63)84)69-57(80)52(39(4)5)71-50(75)21-25-86-27-29-88-31-32-89-30-28-87-26-23-65-51(76)36-91/h17-20,37-41,44-45,47-49,52-53H,11-16,21-36,91H2,1-10H3,(H,64,85)(H,65,76)(H,67,77)(H,68,78)(H,69,80)(H,71,75)(H,72,79)(H,82,83)(H3,63,66,84)/t40-,41-,44+,45-,47+,48+,49+,52-,53-/m0/s1. The number of ether oxygens (including phenoxy) is 5. The van der Waals surface area contributed by atoms with Crippen LogP contribution in [-0.4, -0.2) is 215 Å². The van der Waals surface area contributed by atoms with Gasteiger partial charge >= 0.3 is 18.1 Å². The minimum absolute atomic E-state index is 0.0118. The van der Waals surface area contributed by atoms with Crippen molar-refractivity contribution in [3.63, 3.8) is 0 Å². The number of nitrogens with zero attached hydrogens (tertiary/aromatic N) is 3. The number of benzene rings is 1. The van der Waals surface area contributed by atoms with Gasteiger partial charge in [0.15, 0.2) is 6.10 Å². The molecular weight excluding hydrogens is 1230 g/mol. The number of aliphatic carboxylic acids is 1. The number of carbonyl (C=O) groups is 10. The quantitative estimate of drug-likeness (QED) is 0.0336. The Hall–Kier alpha value is -6.62. The summed E-state index contributed by atoms with van der Waals surface area (Å²) in [5.74, 6) is -5.51. The molecule has 10 amide bonds. The number of rotatable bonds is 44. The second-order valence-corrected chi connectivity index (χ2v) is 24.9. The molecule has 1 aromatic carbocycles. The normalized spacial score (nSPS) is 15.9. The third-order valence-corrected chi connectivity index (χ3v) is 17.0. The van der Waals surface area contributed by atoms with Crippen LogP contribution >= 0.6 is 20.6 Å². The van der Waals surface area contributed by atoms with Gasteiger partial charge in [0.05, 0.1) is 64.8 Å². The summed E-state index contributed by atoms with van der Waals surface area (Å²) in [5, 5.41) is 33.7. The molecule has 0 radical (unpaired) electrons. The molecule has 0 saturated carbocycles. The van der Waals surface area contributed by atoms with Gasteiger partial charge in [-0.3, -0.25) is 43.3 Å². The molecular formula is C62H103N12O16PS. The first kappa shape index (κ1) is 79.6. The van der Waals surface area contributed by atoms with Crippen molar-refractivity contribution in [2.24, 2.45) is 29.4 Å². The molecule has 518 valence electrons. The first-order chi connectivity index (χ1) is 43.8. The van der Waals surface area contributed by atoms with Crippen LogP contribution < -0.4 is 48.3 Å². The zero-order valence-corrected chi connectivity index (χ0v) is 57.2. The first-order valence-corrected chi connectivity index (χ1v) is 33.4. The molecule has 1 aliphatic heterocycles. The molecule has 3 rings (SSSR count). The lowest BCUT2D eigenvalue weighted by Crippen LogP contribution is -2.58. The van der Waals surface area contributed by atoms with Crippen LogP contribution in [0, 0.1) is 23.7 Å². The molecule has 1 unspecified atom stereocenters. The van der Waals surface area contributed by atoms with Gasteiger partial charge in [0.1, 0.15) is 28.8 Å². The summed E-state index contributed by atoms with van der Waals surface area (Å²) in [7, 11) is 7.35. The van der Waals surface area contributed by atoms with Gasteiger partial charge in [0, 0.05) is 69.3 Å². The number of urea groups is 1. The van der Waals surface area contributed by atoms with E-state index in [-0.39, 0.29) is 117 Å². The number of carboxylic acids is 1. The van der Waals surface area contributed by atoms with Gasteiger partial charge in [0.25, 0.3) is 5.91 Å². The minimum Gasteiger partial charge on any atom is -0.481 e. The highest BCUT2D eigenvalue weighted by Crippen LogP contribution is 2.31. The second-order valence-electron chi connectivity index (χ2n) is 23.6. The smallest absolute Gasteiger partial charge is 0.407 e. The van der Waals surface area contributed by atoms with Crippen molar-refractivity contribution in [3.05, 3.63) is 45.9 Å². The monoisotopic (exact) mass is 1330 g/mol. The summed E-state index contributed by atoms with van der Waals surface area (Å²) in [5.41, 5.74) is 6.26. The Kier molecular flexibility index (Phi) is 37.5. The number of alkyl carbamates (subject to hydrolysis) is 1. The Morgan fingerprint density at radius 3 is 2.00 bits per heavy atom. The van der Waals surface area contributed by atoms with E-state index in [1.807, 2.05) is 39.6 Å². The molecule has 0 aliphatic carbocycles. The van der Waals surface area contributed by atoms with Gasteiger partial charge < -0.3 is 82.0 Å². The Morgan fingerprint density at radius 2 is 1.42 bits per heavy atom. The lowest BCUT2D eigenvalue weighted by molar-refractivity contribution is -0.141. The number of nitrogens with two attached hydrogens (primary N) is 1. The van der Waals surface area contributed by atoms with Gasteiger partial charge in [-0.2, -0.15) is 0 Å². The number of primary amides is 1. The van der Waals surface area contributed by atoms with Crippen molar-refractivity contribution in [2.45, 2.75) is 155 Å². The Labute approximate surface area is 547 Å². The summed E-state index contributed by atoms with van der Waals surface area (Å²) in [6.45, 7) is 16.4. The van der Waals surface area contributed by atoms with Gasteiger partial charge in [-0.1, -0.05) is 73.4 Å². The van der Waals surface area contributed by atoms with E-state index in [0.29, 0.717) is 69.8 Å². The predicted octanol–water partition coefficient (Wildman–Crippen LogP) is 3.34. The van der Waals surface area contributed by atoms with Crippen molar-refractivity contribution in [1.29, 1.82) is 0 Å². The molecule has 10 atom stereocenters. The molecule has 0 bridgehead atoms. The summed E-state index contributed by atoms with van der Waals surface area (Å²) in [4.78, 5) is 139. The lowest BCUT2D eigenvalue weighted by atomic mass is 9.92. The summed E-state index contributed by atoms with van der Waals surface area (Å²) >= 11 is 1.08. The SMILES string of the molecule is CC[C@H](C)[C@H](NC(=O)[C@H]1CCCCN1C)C(=O)N(C)[C@H](C[C@@H](OC(=O)NC)c1nc(C(=O)N[C@@H](Cc2ccc(NC(=O)[C@H](CCCNC(N)=O)NC(=O)[C@@H](NC(=O)CCOCCOCCOCCOCCNC(=O)CP)C(C)C)cc2)C[C@H](C)C(=O)O)cs1)C(C)C. The number of hydrogen-bond donors (Lipinski definition) is 10. The maximum atomic E-state index is 14.5. The number of carbonyl (C=O) groups excluding carboxylic acids is 9. The number of anilines is 1. The first-order valence-electron chi connectivity index (χ1n) is 31.8. The Bertz CT molecular complexity index is 2640. The fourth-order valence-electron chi connectivity index (χ4n) is 10.1. The predicted molar refractivity (Wildman–Crippen MR) is 351 cm³/mol. The van der Waals surface area contributed by atoms with Crippen molar-refractivity contribution in [2.75, 3.05) is 105 Å². The van der Waals surface area contributed by atoms with Crippen molar-refractivity contribution < 1.29 is 76.7 Å². The van der Waals surface area contributed by atoms with Gasteiger partial charge in [-0.25, -0.2) is 14.6 Å². The Morgan fingerprint density at radius 1 is 0.783 bits per heavy atom. The van der Waals surface area contributed by atoms with E-state index in [9.17, 15) is 53.1 Å². The largest absolute Gasteiger partial charge is 0.481 e. The van der Waals surface area contributed by atoms with Crippen LogP contribution in [0.3, 0.4) is 0 Å². The van der Waals surface area contributed by atoms with Crippen LogP contribution in [0.2, 0.25) is 0 Å². The molecule has 30 heteroatoms. The molecule has 2 aromatic rings. The van der Waals surface area contributed by atoms with E-state index in [1.165, 1.54) is 19.4 Å². The summed E-state index contributed by atoms with van der Waals surface area (Å²) in [6, 6.07) is 1.31. The van der Waals surface area contributed by atoms with Crippen LogP contribution in [0.4, 0.5) is 15.3 Å². The topological polar surface area (TPSA) is 379 Å². The molecule has 1 aromatic heterocycles. The van der Waals surface area contributed by atoms with Crippen LogP contribution in [0.15, 0.2) is 29.6 Å². The molecule has 1 saturated heterocycles. The maximum absolute atomic E-state index is 14.5. The molecule has 28 nitrogen and oxygen atoms in total. The molecule has 2 heterocycles. The third-order valence-electron chi connectivity index (χ3n) is 15.7. The fraction of sp³-hybridized carbons (Fsp3) is 0.694. The van der Waals surface area contributed by atoms with E-state index >= 15 is 0 Å². The maximum Gasteiger partial charge on any atom is 0.407 e. The number of nitrogens with one attached hydrogen (secondary N) is 8. The van der Waals surface area contributed by atoms with E-state index in [4.69, 9.17) is 29.4 Å².